The minimum atomic E-state index is -0.441. The molecule has 0 aliphatic rings. The maximum Gasteiger partial charge on any atom is 0.343 e. The Kier molecular flexibility index (Phi) is 6.38. The number of rotatable bonds is 8. The van der Waals surface area contributed by atoms with Crippen LogP contribution in [0.25, 0.3) is 0 Å². The lowest BCUT2D eigenvalue weighted by Crippen LogP contribution is -2.03. The van der Waals surface area contributed by atoms with Crippen molar-refractivity contribution in [1.82, 2.24) is 9.97 Å². The van der Waals surface area contributed by atoms with Gasteiger partial charge in [-0.25, -0.2) is 9.97 Å². The quantitative estimate of drug-likeness (QED) is 0.310. The lowest BCUT2D eigenvalue weighted by molar-refractivity contribution is -0.387. The molecule has 0 bridgehead atoms. The van der Waals surface area contributed by atoms with Crippen molar-refractivity contribution in [3.63, 3.8) is 0 Å². The summed E-state index contributed by atoms with van der Waals surface area (Å²) in [6, 6.07) is 17.3. The molecule has 1 aromatic heterocycles. The van der Waals surface area contributed by atoms with Gasteiger partial charge in [0.15, 0.2) is 5.03 Å². The first-order valence-corrected chi connectivity index (χ1v) is 9.57. The van der Waals surface area contributed by atoms with Gasteiger partial charge in [-0.2, -0.15) is 0 Å². The van der Waals surface area contributed by atoms with E-state index in [1.54, 1.807) is 0 Å². The molecule has 0 radical (unpaired) electrons. The largest absolute Gasteiger partial charge is 0.343 e. The van der Waals surface area contributed by atoms with Crippen LogP contribution in [-0.2, 0) is 6.42 Å². The Labute approximate surface area is 162 Å². The molecule has 2 aromatic carbocycles. The van der Waals surface area contributed by atoms with E-state index in [1.165, 1.54) is 23.7 Å². The molecule has 0 aliphatic heterocycles. The molecule has 3 aromatic rings. The van der Waals surface area contributed by atoms with Gasteiger partial charge in [0, 0.05) is 10.6 Å². The second-order valence-corrected chi connectivity index (χ2v) is 7.04. The van der Waals surface area contributed by atoms with E-state index in [-0.39, 0.29) is 11.5 Å². The van der Waals surface area contributed by atoms with E-state index in [0.717, 1.165) is 29.8 Å². The highest BCUT2D eigenvalue weighted by atomic mass is 32.2. The van der Waals surface area contributed by atoms with Gasteiger partial charge in [0.25, 0.3) is 0 Å². The summed E-state index contributed by atoms with van der Waals surface area (Å²) in [5, 5.41) is 15.0. The number of anilines is 2. The van der Waals surface area contributed by atoms with Crippen molar-refractivity contribution in [2.75, 3.05) is 5.32 Å². The van der Waals surface area contributed by atoms with Crippen LogP contribution in [0.2, 0.25) is 0 Å². The minimum Gasteiger partial charge on any atom is -0.334 e. The van der Waals surface area contributed by atoms with E-state index in [9.17, 15) is 10.1 Å². The Morgan fingerprint density at radius 3 is 2.48 bits per heavy atom. The normalized spacial score (nSPS) is 10.6. The highest BCUT2D eigenvalue weighted by molar-refractivity contribution is 7.99. The molecule has 6 nitrogen and oxygen atoms in total. The van der Waals surface area contributed by atoms with E-state index in [2.05, 4.69) is 22.2 Å². The topological polar surface area (TPSA) is 81.0 Å². The van der Waals surface area contributed by atoms with Crippen molar-refractivity contribution in [3.8, 4) is 0 Å². The van der Waals surface area contributed by atoms with Crippen LogP contribution in [0, 0.1) is 10.1 Å². The summed E-state index contributed by atoms with van der Waals surface area (Å²) in [5.74, 6) is 0.190. The van der Waals surface area contributed by atoms with E-state index in [4.69, 9.17) is 0 Å². The molecule has 138 valence electrons. The molecule has 0 amide bonds. The number of nitrogens with one attached hydrogen (secondary N) is 1. The molecule has 0 atom stereocenters. The van der Waals surface area contributed by atoms with Gasteiger partial charge in [-0.15, -0.1) is 0 Å². The molecule has 0 aliphatic carbocycles. The average molecular weight is 380 g/mol. The van der Waals surface area contributed by atoms with E-state index >= 15 is 0 Å². The van der Waals surface area contributed by atoms with Crippen LogP contribution in [-0.4, -0.2) is 14.9 Å². The first-order chi connectivity index (χ1) is 13.2. The van der Waals surface area contributed by atoms with Gasteiger partial charge in [-0.1, -0.05) is 55.4 Å². The molecule has 0 saturated carbocycles. The number of nitrogens with zero attached hydrogens (tertiary/aromatic N) is 3. The third-order valence-corrected chi connectivity index (χ3v) is 4.96. The zero-order valence-corrected chi connectivity index (χ0v) is 15.8. The number of aryl methyl sites for hydroxylation is 1. The fraction of sp³-hybridized carbons (Fsp3) is 0.200. The number of aromatic nitrogens is 2. The van der Waals surface area contributed by atoms with E-state index in [1.807, 2.05) is 54.6 Å². The van der Waals surface area contributed by atoms with Crippen LogP contribution >= 0.6 is 11.8 Å². The van der Waals surface area contributed by atoms with Crippen LogP contribution in [0.3, 0.4) is 0 Å². The summed E-state index contributed by atoms with van der Waals surface area (Å²) >= 11 is 1.25. The SMILES string of the molecule is CCCCc1ccc(Nc2ncnc(Sc3ccccc3)c2[N+](=O)[O-])cc1. The van der Waals surface area contributed by atoms with Crippen molar-refractivity contribution in [3.05, 3.63) is 76.6 Å². The number of hydrogen-bond acceptors (Lipinski definition) is 6. The molecule has 1 N–H and O–H groups in total. The molecule has 1 heterocycles. The number of benzene rings is 2. The zero-order valence-electron chi connectivity index (χ0n) is 15.0. The van der Waals surface area contributed by atoms with Gasteiger partial charge in [0.1, 0.15) is 6.33 Å². The lowest BCUT2D eigenvalue weighted by Gasteiger charge is -2.09. The second kappa shape index (κ2) is 9.14. The Balaban J connectivity index is 1.84. The van der Waals surface area contributed by atoms with Crippen molar-refractivity contribution >= 4 is 29.0 Å². The third-order valence-electron chi connectivity index (χ3n) is 3.96. The fourth-order valence-corrected chi connectivity index (χ4v) is 3.45. The van der Waals surface area contributed by atoms with Gasteiger partial charge in [0.05, 0.1) is 4.92 Å². The summed E-state index contributed by atoms with van der Waals surface area (Å²) in [4.78, 5) is 20.3. The zero-order chi connectivity index (χ0) is 19.1. The highest BCUT2D eigenvalue weighted by Crippen LogP contribution is 2.37. The van der Waals surface area contributed by atoms with Crippen molar-refractivity contribution in [2.24, 2.45) is 0 Å². The number of hydrogen-bond donors (Lipinski definition) is 1. The van der Waals surface area contributed by atoms with Gasteiger partial charge < -0.3 is 5.32 Å². The smallest absolute Gasteiger partial charge is 0.334 e. The predicted octanol–water partition coefficient (Wildman–Crippen LogP) is 5.62. The van der Waals surface area contributed by atoms with Crippen LogP contribution in [0.15, 0.2) is 70.8 Å². The molecule has 0 saturated heterocycles. The Bertz CT molecular complexity index is 902. The predicted molar refractivity (Wildman–Crippen MR) is 108 cm³/mol. The molecule has 3 rings (SSSR count). The average Bonchev–Trinajstić information content (AvgIpc) is 2.68. The van der Waals surface area contributed by atoms with Crippen molar-refractivity contribution in [1.29, 1.82) is 0 Å². The summed E-state index contributed by atoms with van der Waals surface area (Å²) in [7, 11) is 0. The standard InChI is InChI=1S/C20H20N4O2S/c1-2-3-7-15-10-12-16(13-11-15)23-19-18(24(25)26)20(22-14-21-19)27-17-8-5-4-6-9-17/h4-6,8-14H,2-3,7H2,1H3,(H,21,22,23). The summed E-state index contributed by atoms with van der Waals surface area (Å²) in [6.07, 6.45) is 4.66. The monoisotopic (exact) mass is 380 g/mol. The van der Waals surface area contributed by atoms with Gasteiger partial charge in [-0.3, -0.25) is 10.1 Å². The number of unbranched alkanes of at least 4 members (excludes halogenated alkanes) is 1. The first kappa shape index (κ1) is 18.8. The Morgan fingerprint density at radius 2 is 1.81 bits per heavy atom. The van der Waals surface area contributed by atoms with Gasteiger partial charge in [0.2, 0.25) is 5.82 Å². The van der Waals surface area contributed by atoms with E-state index < -0.39 is 4.92 Å². The van der Waals surface area contributed by atoms with Crippen LogP contribution < -0.4 is 5.32 Å². The molecule has 0 fully saturated rings. The molecule has 0 spiro atoms. The van der Waals surface area contributed by atoms with Crippen LogP contribution in [0.5, 0.6) is 0 Å². The molecule has 0 unspecified atom stereocenters. The number of nitro groups is 1. The molecular formula is C20H20N4O2S. The minimum absolute atomic E-state index is 0.124. The Hall–Kier alpha value is -2.93. The highest BCUT2D eigenvalue weighted by Gasteiger charge is 2.23. The summed E-state index contributed by atoms with van der Waals surface area (Å²) < 4.78 is 0. The van der Waals surface area contributed by atoms with E-state index in [0.29, 0.717) is 5.03 Å². The summed E-state index contributed by atoms with van der Waals surface area (Å²) in [5.41, 5.74) is 1.88. The summed E-state index contributed by atoms with van der Waals surface area (Å²) in [6.45, 7) is 2.16. The lowest BCUT2D eigenvalue weighted by atomic mass is 10.1. The molecule has 27 heavy (non-hydrogen) atoms. The maximum atomic E-state index is 11.7. The van der Waals surface area contributed by atoms with Crippen LogP contribution in [0.1, 0.15) is 25.3 Å². The van der Waals surface area contributed by atoms with Gasteiger partial charge in [-0.05, 0) is 42.7 Å². The van der Waals surface area contributed by atoms with Crippen molar-refractivity contribution in [2.45, 2.75) is 36.1 Å². The fourth-order valence-electron chi connectivity index (χ4n) is 2.57. The maximum absolute atomic E-state index is 11.7. The third kappa shape index (κ3) is 5.04. The molecule has 7 heteroatoms. The second-order valence-electron chi connectivity index (χ2n) is 5.97. The molecular weight excluding hydrogens is 360 g/mol. The first-order valence-electron chi connectivity index (χ1n) is 8.75. The Morgan fingerprint density at radius 1 is 1.07 bits per heavy atom. The van der Waals surface area contributed by atoms with Crippen molar-refractivity contribution < 1.29 is 4.92 Å². The van der Waals surface area contributed by atoms with Gasteiger partial charge >= 0.3 is 5.69 Å². The van der Waals surface area contributed by atoms with Crippen LogP contribution in [0.4, 0.5) is 17.2 Å².